The van der Waals surface area contributed by atoms with Gasteiger partial charge in [0.2, 0.25) is 5.91 Å². The molecular weight excluding hydrogens is 294 g/mol. The van der Waals surface area contributed by atoms with Gasteiger partial charge < -0.3 is 19.6 Å². The van der Waals surface area contributed by atoms with E-state index in [4.69, 9.17) is 9.15 Å². The molecule has 1 unspecified atom stereocenters. The lowest BCUT2D eigenvalue weighted by Crippen LogP contribution is -2.28. The monoisotopic (exact) mass is 317 g/mol. The predicted molar refractivity (Wildman–Crippen MR) is 86.9 cm³/mol. The first-order chi connectivity index (χ1) is 11.3. The maximum absolute atomic E-state index is 11.7. The van der Waals surface area contributed by atoms with Gasteiger partial charge in [0.1, 0.15) is 11.9 Å². The number of aliphatic hydroxyl groups is 1. The van der Waals surface area contributed by atoms with E-state index < -0.39 is 6.10 Å². The molecule has 0 aliphatic heterocycles. The molecule has 0 bridgehead atoms. The summed E-state index contributed by atoms with van der Waals surface area (Å²) < 4.78 is 10.6. The smallest absolute Gasteiger partial charge is 0.220 e. The summed E-state index contributed by atoms with van der Waals surface area (Å²) in [5.74, 6) is 0.358. The zero-order valence-corrected chi connectivity index (χ0v) is 13.1. The molecule has 1 aromatic heterocycles. The minimum Gasteiger partial charge on any atom is -0.467 e. The minimum atomic E-state index is -0.809. The lowest BCUT2D eigenvalue weighted by molar-refractivity contribution is -0.122. The first-order valence-electron chi connectivity index (χ1n) is 7.85. The molecule has 5 heteroatoms. The maximum atomic E-state index is 11.7. The molecule has 1 heterocycles. The molecule has 0 radical (unpaired) electrons. The number of ether oxygens (including phenoxy) is 1. The van der Waals surface area contributed by atoms with E-state index in [-0.39, 0.29) is 12.5 Å². The second kappa shape index (κ2) is 9.82. The fraction of sp³-hybridized carbons (Fsp3) is 0.389. The van der Waals surface area contributed by atoms with E-state index in [1.54, 1.807) is 12.1 Å². The lowest BCUT2D eigenvalue weighted by Gasteiger charge is -2.09. The highest BCUT2D eigenvalue weighted by Gasteiger charge is 2.11. The van der Waals surface area contributed by atoms with Crippen LogP contribution in [0.15, 0.2) is 53.1 Å². The summed E-state index contributed by atoms with van der Waals surface area (Å²) in [6, 6.07) is 13.5. The summed E-state index contributed by atoms with van der Waals surface area (Å²) in [5, 5.41) is 12.5. The van der Waals surface area contributed by atoms with E-state index in [1.807, 2.05) is 18.2 Å². The fourth-order valence-electron chi connectivity index (χ4n) is 2.15. The number of hydrogen-bond acceptors (Lipinski definition) is 4. The van der Waals surface area contributed by atoms with Gasteiger partial charge in [-0.1, -0.05) is 30.3 Å². The molecule has 23 heavy (non-hydrogen) atoms. The molecule has 0 saturated carbocycles. The van der Waals surface area contributed by atoms with Gasteiger partial charge >= 0.3 is 0 Å². The third-order valence-electron chi connectivity index (χ3n) is 3.43. The highest BCUT2D eigenvalue weighted by Crippen LogP contribution is 2.11. The first kappa shape index (κ1) is 17.2. The number of carbonyl (C=O) groups excluding carboxylic acids is 1. The Balaban J connectivity index is 1.48. The number of amides is 1. The quantitative estimate of drug-likeness (QED) is 0.660. The van der Waals surface area contributed by atoms with Crippen molar-refractivity contribution in [3.63, 3.8) is 0 Å². The number of benzene rings is 1. The van der Waals surface area contributed by atoms with Crippen molar-refractivity contribution in [2.24, 2.45) is 0 Å². The van der Waals surface area contributed by atoms with E-state index in [0.29, 0.717) is 31.8 Å². The Bertz CT molecular complexity index is 554. The molecule has 124 valence electrons. The van der Waals surface area contributed by atoms with Crippen molar-refractivity contribution in [3.8, 4) is 0 Å². The van der Waals surface area contributed by atoms with Gasteiger partial charge in [-0.2, -0.15) is 0 Å². The molecule has 0 fully saturated rings. The van der Waals surface area contributed by atoms with Crippen molar-refractivity contribution >= 4 is 5.91 Å². The summed E-state index contributed by atoms with van der Waals surface area (Å²) in [4.78, 5) is 11.7. The number of aliphatic hydroxyl groups excluding tert-OH is 1. The van der Waals surface area contributed by atoms with E-state index in [0.717, 1.165) is 6.42 Å². The van der Waals surface area contributed by atoms with Gasteiger partial charge in [0.15, 0.2) is 0 Å². The van der Waals surface area contributed by atoms with Gasteiger partial charge in [0.25, 0.3) is 0 Å². The van der Waals surface area contributed by atoms with Crippen molar-refractivity contribution in [2.75, 3.05) is 19.8 Å². The molecule has 0 saturated heterocycles. The Morgan fingerprint density at radius 3 is 2.74 bits per heavy atom. The van der Waals surface area contributed by atoms with E-state index in [2.05, 4.69) is 17.4 Å². The van der Waals surface area contributed by atoms with Gasteiger partial charge in [-0.25, -0.2) is 0 Å². The molecule has 5 nitrogen and oxygen atoms in total. The normalized spacial score (nSPS) is 12.0. The van der Waals surface area contributed by atoms with Crippen LogP contribution >= 0.6 is 0 Å². The summed E-state index contributed by atoms with van der Waals surface area (Å²) in [6.07, 6.45) is 2.61. The molecule has 1 amide bonds. The van der Waals surface area contributed by atoms with Crippen LogP contribution in [-0.2, 0) is 16.0 Å². The van der Waals surface area contributed by atoms with Crippen LogP contribution in [0.25, 0.3) is 0 Å². The molecule has 2 N–H and O–H groups in total. The third kappa shape index (κ3) is 6.67. The number of rotatable bonds is 10. The van der Waals surface area contributed by atoms with Crippen LogP contribution in [-0.4, -0.2) is 30.8 Å². The largest absolute Gasteiger partial charge is 0.467 e. The third-order valence-corrected chi connectivity index (χ3v) is 3.43. The van der Waals surface area contributed by atoms with Crippen LogP contribution in [0, 0.1) is 0 Å². The summed E-state index contributed by atoms with van der Waals surface area (Å²) in [5.41, 5.74) is 1.25. The molecule has 2 rings (SSSR count). The Kier molecular flexibility index (Phi) is 7.36. The fourth-order valence-corrected chi connectivity index (χ4v) is 2.15. The molecule has 0 spiro atoms. The van der Waals surface area contributed by atoms with Crippen LogP contribution in [0.1, 0.15) is 30.3 Å². The van der Waals surface area contributed by atoms with Crippen LogP contribution < -0.4 is 5.32 Å². The second-order valence-corrected chi connectivity index (χ2v) is 5.29. The van der Waals surface area contributed by atoms with Crippen molar-refractivity contribution < 1.29 is 19.1 Å². The van der Waals surface area contributed by atoms with Gasteiger partial charge in [0.05, 0.1) is 19.4 Å². The van der Waals surface area contributed by atoms with Crippen LogP contribution in [0.4, 0.5) is 0 Å². The molecule has 1 atom stereocenters. The number of carbonyl (C=O) groups is 1. The minimum absolute atomic E-state index is 0.0951. The van der Waals surface area contributed by atoms with E-state index in [1.165, 1.54) is 11.8 Å². The number of nitrogens with one attached hydrogen (secondary N) is 1. The SMILES string of the molecule is O=C(CCCOCCc1ccccc1)NCC(O)c1ccco1. The highest BCUT2D eigenvalue weighted by atomic mass is 16.5. The van der Waals surface area contributed by atoms with Crippen LogP contribution in [0.5, 0.6) is 0 Å². The second-order valence-electron chi connectivity index (χ2n) is 5.29. The maximum Gasteiger partial charge on any atom is 0.220 e. The molecule has 2 aromatic rings. The number of furan rings is 1. The zero-order valence-electron chi connectivity index (χ0n) is 13.1. The first-order valence-corrected chi connectivity index (χ1v) is 7.85. The van der Waals surface area contributed by atoms with Gasteiger partial charge in [-0.3, -0.25) is 4.79 Å². The average Bonchev–Trinajstić information content (AvgIpc) is 3.11. The van der Waals surface area contributed by atoms with E-state index >= 15 is 0 Å². The predicted octanol–water partition coefficient (Wildman–Crippen LogP) is 2.47. The van der Waals surface area contributed by atoms with E-state index in [9.17, 15) is 9.90 Å². The van der Waals surface area contributed by atoms with Crippen molar-refractivity contribution in [3.05, 3.63) is 60.1 Å². The molecule has 1 aromatic carbocycles. The summed E-state index contributed by atoms with van der Waals surface area (Å²) in [6.45, 7) is 1.37. The van der Waals surface area contributed by atoms with Crippen molar-refractivity contribution in [1.29, 1.82) is 0 Å². The Morgan fingerprint density at radius 2 is 2.00 bits per heavy atom. The van der Waals surface area contributed by atoms with Crippen LogP contribution in [0.2, 0.25) is 0 Å². The zero-order chi connectivity index (χ0) is 16.3. The molecule has 0 aliphatic carbocycles. The van der Waals surface area contributed by atoms with Crippen molar-refractivity contribution in [2.45, 2.75) is 25.4 Å². The molecular formula is C18H23NO4. The van der Waals surface area contributed by atoms with Gasteiger partial charge in [0, 0.05) is 13.0 Å². The average molecular weight is 317 g/mol. The Labute approximate surface area is 136 Å². The topological polar surface area (TPSA) is 71.7 Å². The standard InChI is InChI=1S/C18H23NO4/c20-16(17-8-4-12-23-17)14-19-18(21)9-5-11-22-13-10-15-6-2-1-3-7-15/h1-4,6-8,12,16,20H,5,9-11,13-14H2,(H,19,21). The lowest BCUT2D eigenvalue weighted by atomic mass is 10.2. The Hall–Kier alpha value is -2.11. The highest BCUT2D eigenvalue weighted by molar-refractivity contribution is 5.75. The van der Waals surface area contributed by atoms with Crippen LogP contribution in [0.3, 0.4) is 0 Å². The van der Waals surface area contributed by atoms with Gasteiger partial charge in [-0.05, 0) is 30.5 Å². The van der Waals surface area contributed by atoms with Gasteiger partial charge in [-0.15, -0.1) is 0 Å². The summed E-state index contributed by atoms with van der Waals surface area (Å²) >= 11 is 0. The van der Waals surface area contributed by atoms with Crippen molar-refractivity contribution in [1.82, 2.24) is 5.32 Å². The summed E-state index contributed by atoms with van der Waals surface area (Å²) in [7, 11) is 0. The Morgan fingerprint density at radius 1 is 1.17 bits per heavy atom. The number of hydrogen-bond donors (Lipinski definition) is 2. The molecule has 0 aliphatic rings.